The molecule has 0 aromatic rings. The van der Waals surface area contributed by atoms with Gasteiger partial charge in [-0.05, 0) is 40.5 Å². The van der Waals surface area contributed by atoms with Gasteiger partial charge in [-0.1, -0.05) is 0 Å². The zero-order valence-corrected chi connectivity index (χ0v) is 12.6. The van der Waals surface area contributed by atoms with E-state index in [1.54, 1.807) is 4.90 Å². The van der Waals surface area contributed by atoms with Crippen molar-refractivity contribution in [2.45, 2.75) is 52.6 Å². The van der Waals surface area contributed by atoms with E-state index in [-0.39, 0.29) is 23.9 Å². The van der Waals surface area contributed by atoms with Gasteiger partial charge in [-0.15, -0.1) is 0 Å². The van der Waals surface area contributed by atoms with Gasteiger partial charge in [0, 0.05) is 26.2 Å². The molecular formula is C14H27N3O2. The highest BCUT2D eigenvalue weighted by Gasteiger charge is 2.26. The van der Waals surface area contributed by atoms with E-state index in [2.05, 4.69) is 5.32 Å². The Labute approximate surface area is 116 Å². The first-order chi connectivity index (χ1) is 9.01. The van der Waals surface area contributed by atoms with Crippen LogP contribution in [0.1, 0.15) is 40.5 Å². The van der Waals surface area contributed by atoms with Crippen molar-refractivity contribution >= 4 is 11.8 Å². The summed E-state index contributed by atoms with van der Waals surface area (Å²) >= 11 is 0. The number of likely N-dealkylation sites (tertiary alicyclic amines) is 1. The maximum atomic E-state index is 12.2. The van der Waals surface area contributed by atoms with Crippen molar-refractivity contribution in [2.24, 2.45) is 0 Å². The zero-order valence-electron chi connectivity index (χ0n) is 12.6. The summed E-state index contributed by atoms with van der Waals surface area (Å²) in [5.41, 5.74) is 0. The predicted molar refractivity (Wildman–Crippen MR) is 75.8 cm³/mol. The maximum Gasteiger partial charge on any atom is 0.239 e. The maximum absolute atomic E-state index is 12.2. The third-order valence-electron chi connectivity index (χ3n) is 3.73. The van der Waals surface area contributed by atoms with Gasteiger partial charge in [0.25, 0.3) is 0 Å². The molecule has 0 aromatic carbocycles. The molecule has 0 spiro atoms. The molecule has 19 heavy (non-hydrogen) atoms. The zero-order chi connectivity index (χ0) is 14.4. The van der Waals surface area contributed by atoms with Crippen molar-refractivity contribution in [3.63, 3.8) is 0 Å². The molecule has 1 N–H and O–H groups in total. The van der Waals surface area contributed by atoms with Crippen molar-refractivity contribution in [3.05, 3.63) is 0 Å². The Morgan fingerprint density at radius 1 is 1.11 bits per heavy atom. The second-order valence-corrected chi connectivity index (χ2v) is 5.15. The minimum absolute atomic E-state index is 0.0612. The number of carbonyl (C=O) groups excluding carboxylic acids is 2. The molecular weight excluding hydrogens is 242 g/mol. The molecule has 110 valence electrons. The van der Waals surface area contributed by atoms with E-state index in [1.165, 1.54) is 0 Å². The molecule has 2 amide bonds. The highest BCUT2D eigenvalue weighted by Crippen LogP contribution is 2.09. The lowest BCUT2D eigenvalue weighted by Gasteiger charge is -2.27. The van der Waals surface area contributed by atoms with Crippen LogP contribution in [-0.4, -0.2) is 59.9 Å². The lowest BCUT2D eigenvalue weighted by atomic mass is 10.2. The number of hydrogen-bond donors (Lipinski definition) is 1. The van der Waals surface area contributed by atoms with E-state index < -0.39 is 0 Å². The summed E-state index contributed by atoms with van der Waals surface area (Å²) in [4.78, 5) is 27.9. The van der Waals surface area contributed by atoms with Crippen LogP contribution in [0, 0.1) is 0 Å². The number of hydrogen-bond acceptors (Lipinski definition) is 3. The molecule has 1 aliphatic heterocycles. The largest absolute Gasteiger partial charge is 0.342 e. The second-order valence-electron chi connectivity index (χ2n) is 5.15. The number of rotatable bonds is 6. The van der Waals surface area contributed by atoms with Gasteiger partial charge in [0.1, 0.15) is 0 Å². The molecule has 1 rings (SSSR count). The normalized spacial score (nSPS) is 18.2. The average molecular weight is 269 g/mol. The lowest BCUT2D eigenvalue weighted by Crippen LogP contribution is -2.52. The summed E-state index contributed by atoms with van der Waals surface area (Å²) < 4.78 is 0. The number of nitrogens with zero attached hydrogens (tertiary/aromatic N) is 2. The number of likely N-dealkylation sites (N-methyl/N-ethyl adjacent to an activating group) is 1. The summed E-state index contributed by atoms with van der Waals surface area (Å²) in [6.45, 7) is 10.7. The number of nitrogens with one attached hydrogen (secondary N) is 1. The summed E-state index contributed by atoms with van der Waals surface area (Å²) in [7, 11) is 0. The molecule has 2 unspecified atom stereocenters. The Kier molecular flexibility index (Phi) is 6.28. The lowest BCUT2D eigenvalue weighted by molar-refractivity contribution is -0.135. The summed E-state index contributed by atoms with van der Waals surface area (Å²) in [6.07, 6.45) is 2.18. The molecule has 1 fully saturated rings. The Hall–Kier alpha value is -1.10. The van der Waals surface area contributed by atoms with Crippen LogP contribution in [0.2, 0.25) is 0 Å². The van der Waals surface area contributed by atoms with Crippen molar-refractivity contribution < 1.29 is 9.59 Å². The molecule has 0 aromatic heterocycles. The standard InChI is InChI=1S/C14H27N3O2/c1-5-16(6-2)13(18)11(3)15-12(4)14(19)17-9-7-8-10-17/h11-12,15H,5-10H2,1-4H3. The van der Waals surface area contributed by atoms with E-state index >= 15 is 0 Å². The SMILES string of the molecule is CCN(CC)C(=O)C(C)NC(C)C(=O)N1CCCC1. The Morgan fingerprint density at radius 2 is 1.63 bits per heavy atom. The van der Waals surface area contributed by atoms with Crippen LogP contribution in [0.25, 0.3) is 0 Å². The van der Waals surface area contributed by atoms with Crippen LogP contribution < -0.4 is 5.32 Å². The van der Waals surface area contributed by atoms with Crippen LogP contribution in [0.5, 0.6) is 0 Å². The number of carbonyl (C=O) groups is 2. The Balaban J connectivity index is 2.48. The Morgan fingerprint density at radius 3 is 2.11 bits per heavy atom. The van der Waals surface area contributed by atoms with Crippen LogP contribution >= 0.6 is 0 Å². The minimum atomic E-state index is -0.318. The highest BCUT2D eigenvalue weighted by molar-refractivity contribution is 5.85. The summed E-state index contributed by atoms with van der Waals surface area (Å²) in [5.74, 6) is 0.169. The first-order valence-electron chi connectivity index (χ1n) is 7.34. The van der Waals surface area contributed by atoms with Crippen LogP contribution in [0.4, 0.5) is 0 Å². The van der Waals surface area contributed by atoms with E-state index in [1.807, 2.05) is 32.6 Å². The first-order valence-corrected chi connectivity index (χ1v) is 7.34. The second kappa shape index (κ2) is 7.48. The molecule has 0 saturated carbocycles. The molecule has 0 radical (unpaired) electrons. The summed E-state index contributed by atoms with van der Waals surface area (Å²) in [5, 5.41) is 3.12. The van der Waals surface area contributed by atoms with Crippen LogP contribution in [-0.2, 0) is 9.59 Å². The summed E-state index contributed by atoms with van der Waals surface area (Å²) in [6, 6.07) is -0.617. The number of amides is 2. The van der Waals surface area contributed by atoms with Crippen molar-refractivity contribution in [1.82, 2.24) is 15.1 Å². The fraction of sp³-hybridized carbons (Fsp3) is 0.857. The van der Waals surface area contributed by atoms with Crippen LogP contribution in [0.15, 0.2) is 0 Å². The van der Waals surface area contributed by atoms with E-state index in [4.69, 9.17) is 0 Å². The average Bonchev–Trinajstić information content (AvgIpc) is 2.92. The topological polar surface area (TPSA) is 52.7 Å². The van der Waals surface area contributed by atoms with Crippen molar-refractivity contribution in [1.29, 1.82) is 0 Å². The van der Waals surface area contributed by atoms with E-state index in [0.717, 1.165) is 25.9 Å². The van der Waals surface area contributed by atoms with Gasteiger partial charge in [-0.3, -0.25) is 14.9 Å². The fourth-order valence-electron chi connectivity index (χ4n) is 2.54. The van der Waals surface area contributed by atoms with Crippen molar-refractivity contribution in [3.8, 4) is 0 Å². The third-order valence-corrected chi connectivity index (χ3v) is 3.73. The quantitative estimate of drug-likeness (QED) is 0.777. The molecule has 0 bridgehead atoms. The highest BCUT2D eigenvalue weighted by atomic mass is 16.2. The monoisotopic (exact) mass is 269 g/mol. The van der Waals surface area contributed by atoms with Crippen molar-refractivity contribution in [2.75, 3.05) is 26.2 Å². The third kappa shape index (κ3) is 4.20. The molecule has 0 aliphatic carbocycles. The molecule has 5 nitrogen and oxygen atoms in total. The van der Waals surface area contributed by atoms with Gasteiger partial charge in [-0.25, -0.2) is 0 Å². The predicted octanol–water partition coefficient (Wildman–Crippen LogP) is 0.844. The molecule has 1 heterocycles. The molecule has 1 aliphatic rings. The van der Waals surface area contributed by atoms with Gasteiger partial charge in [0.05, 0.1) is 12.1 Å². The fourth-order valence-corrected chi connectivity index (χ4v) is 2.54. The van der Waals surface area contributed by atoms with E-state index in [0.29, 0.717) is 13.1 Å². The van der Waals surface area contributed by atoms with E-state index in [9.17, 15) is 9.59 Å². The van der Waals surface area contributed by atoms with Crippen LogP contribution in [0.3, 0.4) is 0 Å². The molecule has 2 atom stereocenters. The van der Waals surface area contributed by atoms with Gasteiger partial charge in [0.2, 0.25) is 11.8 Å². The van der Waals surface area contributed by atoms with Gasteiger partial charge in [-0.2, -0.15) is 0 Å². The van der Waals surface area contributed by atoms with Gasteiger partial charge < -0.3 is 9.80 Å². The molecule has 5 heteroatoms. The smallest absolute Gasteiger partial charge is 0.239 e. The van der Waals surface area contributed by atoms with Gasteiger partial charge >= 0.3 is 0 Å². The first kappa shape index (κ1) is 16.0. The van der Waals surface area contributed by atoms with Gasteiger partial charge in [0.15, 0.2) is 0 Å². The molecule has 1 saturated heterocycles. The Bertz CT molecular complexity index is 292. The minimum Gasteiger partial charge on any atom is -0.342 e.